The van der Waals surface area contributed by atoms with Gasteiger partial charge in [0, 0.05) is 12.3 Å². The molecule has 0 spiro atoms. The second-order valence-corrected chi connectivity index (χ2v) is 6.29. The number of benzene rings is 1. The van der Waals surface area contributed by atoms with E-state index in [1.807, 2.05) is 4.72 Å². The van der Waals surface area contributed by atoms with Crippen molar-refractivity contribution in [3.8, 4) is 0 Å². The zero-order valence-corrected chi connectivity index (χ0v) is 12.1. The second-order valence-electron chi connectivity index (χ2n) is 4.20. The Balaban J connectivity index is 2.44. The Bertz CT molecular complexity index is 865. The van der Waals surface area contributed by atoms with Crippen LogP contribution in [-0.2, 0) is 10.0 Å². The summed E-state index contributed by atoms with van der Waals surface area (Å²) in [6.07, 6.45) is 0.902. The first-order valence-electron chi connectivity index (χ1n) is 5.57. The minimum atomic E-state index is -4.22. The van der Waals surface area contributed by atoms with Crippen molar-refractivity contribution in [2.45, 2.75) is 11.8 Å². The lowest BCUT2D eigenvalue weighted by Crippen LogP contribution is -2.17. The monoisotopic (exact) mass is 334 g/mol. The van der Waals surface area contributed by atoms with Gasteiger partial charge in [0.2, 0.25) is 0 Å². The number of hydrogen-bond acceptors (Lipinski definition) is 3. The van der Waals surface area contributed by atoms with Crippen molar-refractivity contribution < 1.29 is 17.2 Å². The molecule has 0 aliphatic heterocycles. The summed E-state index contributed by atoms with van der Waals surface area (Å²) in [5, 5.41) is -0.339. The van der Waals surface area contributed by atoms with Crippen molar-refractivity contribution in [3.63, 3.8) is 0 Å². The normalized spacial score (nSPS) is 11.4. The summed E-state index contributed by atoms with van der Waals surface area (Å²) in [4.78, 5) is 12.8. The molecule has 0 amide bonds. The minimum Gasteiger partial charge on any atom is -0.326 e. The fraction of sp³-hybridized carbons (Fsp3) is 0.0833. The van der Waals surface area contributed by atoms with Gasteiger partial charge in [-0.15, -0.1) is 0 Å². The molecule has 2 N–H and O–H groups in total. The van der Waals surface area contributed by atoms with Crippen molar-refractivity contribution in [1.29, 1.82) is 0 Å². The van der Waals surface area contributed by atoms with Gasteiger partial charge in [0.1, 0.15) is 21.6 Å². The molecule has 2 rings (SSSR count). The van der Waals surface area contributed by atoms with Gasteiger partial charge >= 0.3 is 0 Å². The molecule has 5 nitrogen and oxygen atoms in total. The van der Waals surface area contributed by atoms with Crippen molar-refractivity contribution in [2.75, 3.05) is 4.72 Å². The Hall–Kier alpha value is -1.93. The molecule has 1 aromatic heterocycles. The van der Waals surface area contributed by atoms with Gasteiger partial charge in [0.25, 0.3) is 15.6 Å². The van der Waals surface area contributed by atoms with Gasteiger partial charge in [0.05, 0.1) is 5.69 Å². The highest BCUT2D eigenvalue weighted by molar-refractivity contribution is 7.92. The van der Waals surface area contributed by atoms with E-state index in [1.54, 1.807) is 0 Å². The molecular formula is C12H9ClF2N2O3S. The standard InChI is InChI=1S/C12H9ClF2N2O3S/c1-6-2-10(15)11(4-9(6)14)17-21(19,20)7-3-8(13)12(18)16-5-7/h2-5,17H,1H3,(H,16,18). The molecule has 9 heteroatoms. The van der Waals surface area contributed by atoms with Crippen molar-refractivity contribution in [1.82, 2.24) is 4.98 Å². The molecule has 1 aromatic carbocycles. The van der Waals surface area contributed by atoms with Crippen LogP contribution in [0.1, 0.15) is 5.56 Å². The number of hydrogen-bond donors (Lipinski definition) is 2. The molecule has 0 aliphatic carbocycles. The maximum atomic E-state index is 13.6. The first-order valence-corrected chi connectivity index (χ1v) is 7.43. The lowest BCUT2D eigenvalue weighted by Gasteiger charge is -2.10. The van der Waals surface area contributed by atoms with E-state index in [1.165, 1.54) is 6.92 Å². The average molecular weight is 335 g/mol. The Morgan fingerprint density at radius 2 is 1.86 bits per heavy atom. The second kappa shape index (κ2) is 5.45. The van der Waals surface area contributed by atoms with Crippen LogP contribution in [0.25, 0.3) is 0 Å². The maximum absolute atomic E-state index is 13.6. The van der Waals surface area contributed by atoms with Gasteiger partial charge in [-0.3, -0.25) is 9.52 Å². The van der Waals surface area contributed by atoms with Crippen LogP contribution in [0.2, 0.25) is 5.02 Å². The summed E-state index contributed by atoms with van der Waals surface area (Å²) < 4.78 is 53.0. The Kier molecular flexibility index (Phi) is 4.02. The number of sulfonamides is 1. The highest BCUT2D eigenvalue weighted by Gasteiger charge is 2.19. The molecule has 0 unspecified atom stereocenters. The summed E-state index contributed by atoms with van der Waals surface area (Å²) in [6, 6.07) is 2.51. The molecule has 1 heterocycles. The predicted molar refractivity (Wildman–Crippen MR) is 74.0 cm³/mol. The van der Waals surface area contributed by atoms with E-state index < -0.39 is 32.9 Å². The molecule has 0 fully saturated rings. The quantitative estimate of drug-likeness (QED) is 0.904. The van der Waals surface area contributed by atoms with E-state index in [4.69, 9.17) is 11.6 Å². The highest BCUT2D eigenvalue weighted by Crippen LogP contribution is 2.22. The van der Waals surface area contributed by atoms with Crippen LogP contribution < -0.4 is 10.3 Å². The summed E-state index contributed by atoms with van der Waals surface area (Å²) >= 11 is 5.53. The van der Waals surface area contributed by atoms with Gasteiger partial charge in [-0.2, -0.15) is 0 Å². The zero-order valence-electron chi connectivity index (χ0n) is 10.6. The van der Waals surface area contributed by atoms with E-state index in [2.05, 4.69) is 4.98 Å². The molecule has 112 valence electrons. The van der Waals surface area contributed by atoms with Crippen LogP contribution in [0.4, 0.5) is 14.5 Å². The van der Waals surface area contributed by atoms with E-state index in [0.717, 1.165) is 24.4 Å². The van der Waals surface area contributed by atoms with Gasteiger partial charge in [0.15, 0.2) is 0 Å². The lowest BCUT2D eigenvalue weighted by molar-refractivity contribution is 0.590. The number of aromatic amines is 1. The number of halogens is 3. The summed E-state index contributed by atoms with van der Waals surface area (Å²) in [6.45, 7) is 1.35. The SMILES string of the molecule is Cc1cc(F)c(NS(=O)(=O)c2c[nH]c(=O)c(Cl)c2)cc1F. The van der Waals surface area contributed by atoms with Crippen LogP contribution >= 0.6 is 11.6 Å². The third kappa shape index (κ3) is 3.22. The number of nitrogens with one attached hydrogen (secondary N) is 2. The Labute approximate surface area is 123 Å². The fourth-order valence-corrected chi connectivity index (χ4v) is 2.81. The minimum absolute atomic E-state index is 0.0440. The third-order valence-corrected chi connectivity index (χ3v) is 4.26. The summed E-state index contributed by atoms with van der Waals surface area (Å²) in [5.41, 5.74) is -1.16. The van der Waals surface area contributed by atoms with E-state index >= 15 is 0 Å². The van der Waals surface area contributed by atoms with Gasteiger partial charge < -0.3 is 4.98 Å². The van der Waals surface area contributed by atoms with E-state index in [-0.39, 0.29) is 15.5 Å². The van der Waals surface area contributed by atoms with Crippen LogP contribution in [0.5, 0.6) is 0 Å². The topological polar surface area (TPSA) is 79.0 Å². The number of aryl methyl sites for hydroxylation is 1. The first kappa shape index (κ1) is 15.5. The number of pyridine rings is 1. The first-order chi connectivity index (χ1) is 9.70. The third-order valence-electron chi connectivity index (χ3n) is 2.63. The van der Waals surface area contributed by atoms with Crippen LogP contribution in [0.3, 0.4) is 0 Å². The smallest absolute Gasteiger partial charge is 0.266 e. The zero-order chi connectivity index (χ0) is 15.8. The molecule has 0 saturated heterocycles. The Morgan fingerprint density at radius 1 is 1.19 bits per heavy atom. The molecule has 2 aromatic rings. The average Bonchev–Trinajstić information content (AvgIpc) is 2.39. The maximum Gasteiger partial charge on any atom is 0.266 e. The highest BCUT2D eigenvalue weighted by atomic mass is 35.5. The van der Waals surface area contributed by atoms with Crippen molar-refractivity contribution >= 4 is 27.3 Å². The van der Waals surface area contributed by atoms with Gasteiger partial charge in [-0.05, 0) is 24.6 Å². The van der Waals surface area contributed by atoms with Crippen LogP contribution in [0, 0.1) is 18.6 Å². The summed E-state index contributed by atoms with van der Waals surface area (Å²) in [5.74, 6) is -1.68. The number of H-pyrrole nitrogens is 1. The van der Waals surface area contributed by atoms with Crippen molar-refractivity contribution in [2.24, 2.45) is 0 Å². The number of rotatable bonds is 3. The molecule has 0 radical (unpaired) electrons. The lowest BCUT2D eigenvalue weighted by atomic mass is 10.2. The molecule has 21 heavy (non-hydrogen) atoms. The number of anilines is 1. The van der Waals surface area contributed by atoms with Crippen molar-refractivity contribution in [3.05, 3.63) is 57.0 Å². The largest absolute Gasteiger partial charge is 0.326 e. The summed E-state index contributed by atoms with van der Waals surface area (Å²) in [7, 11) is -4.22. The fourth-order valence-electron chi connectivity index (χ4n) is 1.52. The molecule has 0 saturated carbocycles. The Morgan fingerprint density at radius 3 is 2.48 bits per heavy atom. The van der Waals surface area contributed by atoms with Gasteiger partial charge in [-0.25, -0.2) is 17.2 Å². The molecule has 0 aliphatic rings. The molecule has 0 bridgehead atoms. The van der Waals surface area contributed by atoms with Crippen LogP contribution in [0.15, 0.2) is 34.1 Å². The molecule has 0 atom stereocenters. The molecular weight excluding hydrogens is 326 g/mol. The predicted octanol–water partition coefficient (Wildman–Crippen LogP) is 2.42. The van der Waals surface area contributed by atoms with Gasteiger partial charge in [-0.1, -0.05) is 11.6 Å². The van der Waals surface area contributed by atoms with Crippen LogP contribution in [-0.4, -0.2) is 13.4 Å². The van der Waals surface area contributed by atoms with E-state index in [9.17, 15) is 22.0 Å². The number of aromatic nitrogens is 1. The van der Waals surface area contributed by atoms with E-state index in [0.29, 0.717) is 0 Å².